The van der Waals surface area contributed by atoms with E-state index in [1.54, 1.807) is 6.07 Å². The molecule has 4 rings (SSSR count). The summed E-state index contributed by atoms with van der Waals surface area (Å²) in [6.45, 7) is 0.0565. The molecule has 1 saturated heterocycles. The number of amides is 2. The van der Waals surface area contributed by atoms with Crippen molar-refractivity contribution in [2.45, 2.75) is 6.42 Å². The van der Waals surface area contributed by atoms with E-state index in [0.29, 0.717) is 5.69 Å². The van der Waals surface area contributed by atoms with Gasteiger partial charge in [0.25, 0.3) is 0 Å². The summed E-state index contributed by atoms with van der Waals surface area (Å²) >= 11 is 0. The first-order chi connectivity index (χ1) is 14.9. The Bertz CT molecular complexity index is 1170. The highest BCUT2D eigenvalue weighted by Gasteiger charge is 2.36. The topological polar surface area (TPSA) is 92.6 Å². The summed E-state index contributed by atoms with van der Waals surface area (Å²) in [6, 6.07) is 20.2. The number of nitro groups is 1. The second-order valence-electron chi connectivity index (χ2n) is 7.20. The predicted molar refractivity (Wildman–Crippen MR) is 114 cm³/mol. The van der Waals surface area contributed by atoms with Crippen LogP contribution in [0.1, 0.15) is 6.42 Å². The maximum absolute atomic E-state index is 13.6. The van der Waals surface area contributed by atoms with Crippen LogP contribution in [0.4, 0.5) is 21.5 Å². The summed E-state index contributed by atoms with van der Waals surface area (Å²) in [7, 11) is 0. The Labute approximate surface area is 177 Å². The van der Waals surface area contributed by atoms with Crippen LogP contribution in [0.3, 0.4) is 0 Å². The van der Waals surface area contributed by atoms with E-state index in [1.807, 2.05) is 48.5 Å². The monoisotopic (exact) mass is 419 g/mol. The average molecular weight is 419 g/mol. The fourth-order valence-electron chi connectivity index (χ4n) is 3.64. The lowest BCUT2D eigenvalue weighted by Crippen LogP contribution is -2.28. The highest BCUT2D eigenvalue weighted by atomic mass is 19.1. The maximum Gasteiger partial charge on any atom is 0.306 e. The van der Waals surface area contributed by atoms with Crippen molar-refractivity contribution in [1.29, 1.82) is 0 Å². The first kappa shape index (κ1) is 20.2. The van der Waals surface area contributed by atoms with E-state index in [1.165, 1.54) is 11.0 Å². The molecule has 1 N–H and O–H groups in total. The number of benzene rings is 3. The van der Waals surface area contributed by atoms with Gasteiger partial charge in [0, 0.05) is 30.3 Å². The molecule has 7 nitrogen and oxygen atoms in total. The Hall–Kier alpha value is -4.07. The highest BCUT2D eigenvalue weighted by Crippen LogP contribution is 2.32. The summed E-state index contributed by atoms with van der Waals surface area (Å²) in [4.78, 5) is 36.8. The molecule has 156 valence electrons. The first-order valence-electron chi connectivity index (χ1n) is 9.63. The van der Waals surface area contributed by atoms with Crippen LogP contribution in [0, 0.1) is 21.8 Å². The Morgan fingerprint density at radius 2 is 1.77 bits per heavy atom. The quantitative estimate of drug-likeness (QED) is 0.490. The molecule has 2 amide bonds. The van der Waals surface area contributed by atoms with Gasteiger partial charge in [-0.25, -0.2) is 0 Å². The minimum Gasteiger partial charge on any atom is -0.325 e. The van der Waals surface area contributed by atoms with Gasteiger partial charge in [-0.3, -0.25) is 19.7 Å². The highest BCUT2D eigenvalue weighted by molar-refractivity contribution is 6.04. The van der Waals surface area contributed by atoms with E-state index in [2.05, 4.69) is 5.32 Å². The molecule has 0 aliphatic carbocycles. The third kappa shape index (κ3) is 4.13. The van der Waals surface area contributed by atoms with Crippen molar-refractivity contribution in [2.75, 3.05) is 16.8 Å². The van der Waals surface area contributed by atoms with Crippen LogP contribution in [-0.2, 0) is 9.59 Å². The Morgan fingerprint density at radius 1 is 1.06 bits per heavy atom. The standard InChI is InChI=1S/C23H18FN3O4/c24-19-11-10-17(13-21(19)27(30)31)26-14-16(12-22(26)28)23(29)25-20-9-5-4-8-18(20)15-6-2-1-3-7-15/h1-11,13,16H,12,14H2,(H,25,29). The molecule has 3 aromatic rings. The van der Waals surface area contributed by atoms with Crippen molar-refractivity contribution in [3.8, 4) is 11.1 Å². The van der Waals surface area contributed by atoms with E-state index in [-0.39, 0.29) is 30.5 Å². The minimum absolute atomic E-state index is 0.0372. The van der Waals surface area contributed by atoms with Crippen molar-refractivity contribution >= 4 is 28.9 Å². The second kappa shape index (κ2) is 8.35. The smallest absolute Gasteiger partial charge is 0.306 e. The molecule has 8 heteroatoms. The molecule has 1 unspecified atom stereocenters. The normalized spacial score (nSPS) is 15.7. The van der Waals surface area contributed by atoms with Gasteiger partial charge in [0.15, 0.2) is 0 Å². The molecule has 1 atom stereocenters. The van der Waals surface area contributed by atoms with Crippen LogP contribution in [0.2, 0.25) is 0 Å². The summed E-state index contributed by atoms with van der Waals surface area (Å²) < 4.78 is 13.6. The molecule has 0 spiro atoms. The van der Waals surface area contributed by atoms with Gasteiger partial charge in [-0.05, 0) is 23.8 Å². The zero-order valence-corrected chi connectivity index (χ0v) is 16.3. The van der Waals surface area contributed by atoms with Crippen molar-refractivity contribution < 1.29 is 18.9 Å². The van der Waals surface area contributed by atoms with E-state index in [9.17, 15) is 24.1 Å². The minimum atomic E-state index is -0.979. The molecule has 1 heterocycles. The molecule has 0 bridgehead atoms. The summed E-state index contributed by atoms with van der Waals surface area (Å²) in [5, 5.41) is 13.9. The lowest BCUT2D eigenvalue weighted by atomic mass is 10.0. The van der Waals surface area contributed by atoms with Gasteiger partial charge in [-0.15, -0.1) is 0 Å². The number of carbonyl (C=O) groups is 2. The third-order valence-electron chi connectivity index (χ3n) is 5.20. The third-order valence-corrected chi connectivity index (χ3v) is 5.20. The van der Waals surface area contributed by atoms with Crippen LogP contribution in [0.5, 0.6) is 0 Å². The second-order valence-corrected chi connectivity index (χ2v) is 7.20. The number of hydrogen-bond acceptors (Lipinski definition) is 4. The molecule has 1 aliphatic rings. The van der Waals surface area contributed by atoms with Crippen LogP contribution in [0.25, 0.3) is 11.1 Å². The van der Waals surface area contributed by atoms with E-state index < -0.39 is 22.3 Å². The molecule has 31 heavy (non-hydrogen) atoms. The van der Waals surface area contributed by atoms with Crippen LogP contribution < -0.4 is 10.2 Å². The van der Waals surface area contributed by atoms with Crippen molar-refractivity contribution in [3.63, 3.8) is 0 Å². The predicted octanol–water partition coefficient (Wildman–Crippen LogP) is 4.39. The largest absolute Gasteiger partial charge is 0.325 e. The Morgan fingerprint density at radius 3 is 2.52 bits per heavy atom. The molecule has 0 saturated carbocycles. The zero-order valence-electron chi connectivity index (χ0n) is 16.3. The van der Waals surface area contributed by atoms with Crippen molar-refractivity contribution in [3.05, 3.63) is 88.7 Å². The lowest BCUT2D eigenvalue weighted by molar-refractivity contribution is -0.387. The molecular weight excluding hydrogens is 401 g/mol. The van der Waals surface area contributed by atoms with Crippen LogP contribution in [0.15, 0.2) is 72.8 Å². The van der Waals surface area contributed by atoms with Crippen molar-refractivity contribution in [2.24, 2.45) is 5.92 Å². The first-order valence-corrected chi connectivity index (χ1v) is 9.63. The zero-order chi connectivity index (χ0) is 22.0. The van der Waals surface area contributed by atoms with E-state index >= 15 is 0 Å². The Balaban J connectivity index is 1.53. The van der Waals surface area contributed by atoms with Crippen LogP contribution in [-0.4, -0.2) is 23.3 Å². The number of anilines is 2. The molecule has 3 aromatic carbocycles. The number of nitrogens with one attached hydrogen (secondary N) is 1. The summed E-state index contributed by atoms with van der Waals surface area (Å²) in [5.41, 5.74) is 1.91. The average Bonchev–Trinajstić information content (AvgIpc) is 3.17. The van der Waals surface area contributed by atoms with E-state index in [4.69, 9.17) is 0 Å². The van der Waals surface area contributed by atoms with E-state index in [0.717, 1.165) is 23.3 Å². The molecule has 1 fully saturated rings. The van der Waals surface area contributed by atoms with Gasteiger partial charge < -0.3 is 10.2 Å². The summed E-state index contributed by atoms with van der Waals surface area (Å²) in [6.07, 6.45) is -0.0372. The fraction of sp³-hybridized carbons (Fsp3) is 0.130. The fourth-order valence-corrected chi connectivity index (χ4v) is 3.64. The van der Waals surface area contributed by atoms with Crippen molar-refractivity contribution in [1.82, 2.24) is 0 Å². The number of halogens is 1. The van der Waals surface area contributed by atoms with Gasteiger partial charge in [0.2, 0.25) is 17.6 Å². The van der Waals surface area contributed by atoms with Gasteiger partial charge >= 0.3 is 5.69 Å². The Kier molecular flexibility index (Phi) is 5.44. The summed E-state index contributed by atoms with van der Waals surface area (Å²) in [5.74, 6) is -2.29. The molecule has 1 aliphatic heterocycles. The lowest BCUT2D eigenvalue weighted by Gasteiger charge is -2.17. The molecule has 0 aromatic heterocycles. The van der Waals surface area contributed by atoms with Gasteiger partial charge in [0.05, 0.1) is 16.5 Å². The van der Waals surface area contributed by atoms with Gasteiger partial charge in [-0.1, -0.05) is 48.5 Å². The number of hydrogen-bond donors (Lipinski definition) is 1. The number of carbonyl (C=O) groups excluding carboxylic acids is 2. The number of nitrogens with zero attached hydrogens (tertiary/aromatic N) is 2. The SMILES string of the molecule is O=C(Nc1ccccc1-c1ccccc1)C1CC(=O)N(c2ccc(F)c([N+](=O)[O-])c2)C1. The number of nitro benzene ring substituents is 1. The molecular formula is C23H18FN3O4. The van der Waals surface area contributed by atoms with Gasteiger partial charge in [-0.2, -0.15) is 4.39 Å². The van der Waals surface area contributed by atoms with Gasteiger partial charge in [0.1, 0.15) is 0 Å². The molecule has 0 radical (unpaired) electrons. The van der Waals surface area contributed by atoms with Crippen LogP contribution >= 0.6 is 0 Å². The maximum atomic E-state index is 13.6. The number of rotatable bonds is 5. The number of para-hydroxylation sites is 1.